The Hall–Kier alpha value is -2.46. The van der Waals surface area contributed by atoms with E-state index in [0.717, 1.165) is 16.0 Å². The number of β-amino-alcohol motifs (C(OH)–C–C–N with tert-alkyl or cyclic N) is 1. The van der Waals surface area contributed by atoms with Gasteiger partial charge in [0.15, 0.2) is 5.84 Å². The molecule has 0 radical (unpaired) electrons. The number of hydrogen-bond donors (Lipinski definition) is 8. The molecule has 15 nitrogen and oxygen atoms in total. The number of phosphoric acid groups is 1. The first-order valence-electron chi connectivity index (χ1n) is 9.47. The highest BCUT2D eigenvalue weighted by Crippen LogP contribution is 2.40. The molecule has 0 bridgehead atoms. The predicted octanol–water partition coefficient (Wildman–Crippen LogP) is -1.44. The second-order valence-electron chi connectivity index (χ2n) is 7.57. The van der Waals surface area contributed by atoms with Crippen molar-refractivity contribution in [3.63, 3.8) is 0 Å². The molecule has 0 saturated heterocycles. The van der Waals surface area contributed by atoms with E-state index in [1.807, 2.05) is 5.32 Å². The Kier molecular flexibility index (Phi) is 6.91. The van der Waals surface area contributed by atoms with Crippen LogP contribution >= 0.6 is 7.82 Å². The lowest BCUT2D eigenvalue weighted by atomic mass is 9.98. The number of nitrogens with zero attached hydrogens (tertiary/aromatic N) is 2. The second kappa shape index (κ2) is 9.06. The summed E-state index contributed by atoms with van der Waals surface area (Å²) in [5.74, 6) is -1.55. The zero-order chi connectivity index (χ0) is 24.7. The Morgan fingerprint density at radius 1 is 1.15 bits per heavy atom. The van der Waals surface area contributed by atoms with Gasteiger partial charge in [0.2, 0.25) is 0 Å². The Labute approximate surface area is 186 Å². The largest absolute Gasteiger partial charge is 0.469 e. The minimum atomic E-state index is -4.94. The van der Waals surface area contributed by atoms with Gasteiger partial charge in [0.1, 0.15) is 18.3 Å². The Bertz CT molecular complexity index is 1040. The van der Waals surface area contributed by atoms with Gasteiger partial charge < -0.3 is 35.3 Å². The fraction of sp³-hybridized carbons (Fsp3) is 0.471. The summed E-state index contributed by atoms with van der Waals surface area (Å²) < 4.78 is 14.9. The molecule has 0 aliphatic carbocycles. The van der Waals surface area contributed by atoms with Gasteiger partial charge in [-0.05, 0) is 37.1 Å². The fourth-order valence-electron chi connectivity index (χ4n) is 3.39. The van der Waals surface area contributed by atoms with Crippen molar-refractivity contribution in [2.45, 2.75) is 37.9 Å². The van der Waals surface area contributed by atoms with Gasteiger partial charge in [-0.3, -0.25) is 14.6 Å². The zero-order valence-corrected chi connectivity index (χ0v) is 18.3. The fourth-order valence-corrected chi connectivity index (χ4v) is 3.74. The van der Waals surface area contributed by atoms with Crippen molar-refractivity contribution < 1.29 is 53.9 Å². The number of anilines is 2. The van der Waals surface area contributed by atoms with Crippen LogP contribution in [0.2, 0.25) is 0 Å². The van der Waals surface area contributed by atoms with Gasteiger partial charge in [0, 0.05) is 0 Å². The summed E-state index contributed by atoms with van der Waals surface area (Å²) >= 11 is 0. The molecule has 2 heterocycles. The number of phosphoric ester groups is 1. The van der Waals surface area contributed by atoms with Crippen molar-refractivity contribution in [1.82, 2.24) is 5.32 Å². The number of urea groups is 1. The van der Waals surface area contributed by atoms with E-state index in [9.17, 15) is 34.7 Å². The predicted molar refractivity (Wildman–Crippen MR) is 110 cm³/mol. The highest BCUT2D eigenvalue weighted by Gasteiger charge is 2.56. The molecule has 2 aliphatic heterocycles. The summed E-state index contributed by atoms with van der Waals surface area (Å²) in [6.07, 6.45) is -5.70. The summed E-state index contributed by atoms with van der Waals surface area (Å²) in [6.45, 7) is 1.96. The highest BCUT2D eigenvalue weighted by molar-refractivity contribution is 7.46. The molecule has 0 unspecified atom stereocenters. The molecular weight excluding hydrogens is 467 g/mol. The topological polar surface area (TPSA) is 231 Å². The van der Waals surface area contributed by atoms with E-state index in [2.05, 4.69) is 19.7 Å². The molecule has 3 rings (SSSR count). The Morgan fingerprint density at radius 2 is 1.79 bits per heavy atom. The monoisotopic (exact) mass is 490 g/mol. The lowest BCUT2D eigenvalue weighted by Gasteiger charge is -2.45. The van der Waals surface area contributed by atoms with Gasteiger partial charge in [-0.1, -0.05) is 0 Å². The molecule has 16 heteroatoms. The zero-order valence-electron chi connectivity index (χ0n) is 17.4. The van der Waals surface area contributed by atoms with Gasteiger partial charge >= 0.3 is 19.6 Å². The summed E-state index contributed by atoms with van der Waals surface area (Å²) in [6, 6.07) is 2.17. The first-order valence-corrected chi connectivity index (χ1v) is 11.0. The van der Waals surface area contributed by atoms with Crippen LogP contribution in [0.5, 0.6) is 0 Å². The summed E-state index contributed by atoms with van der Waals surface area (Å²) in [5.41, 5.74) is -0.264. The van der Waals surface area contributed by atoms with Crippen LogP contribution in [-0.4, -0.2) is 85.3 Å². The minimum absolute atomic E-state index is 0.252. The number of nitrogens with one attached hydrogen (secondary N) is 2. The summed E-state index contributed by atoms with van der Waals surface area (Å²) in [5, 5.41) is 44.9. The molecule has 182 valence electrons. The summed E-state index contributed by atoms with van der Waals surface area (Å²) in [7, 11) is -4.94. The van der Waals surface area contributed by atoms with Gasteiger partial charge in [-0.15, -0.1) is 0 Å². The van der Waals surface area contributed by atoms with Crippen molar-refractivity contribution in [2.24, 2.45) is 4.99 Å². The number of carbonyl (C=O) groups is 2. The van der Waals surface area contributed by atoms with Crippen LogP contribution in [0.1, 0.15) is 11.1 Å². The third-order valence-electron chi connectivity index (χ3n) is 5.24. The Morgan fingerprint density at radius 3 is 2.39 bits per heavy atom. The lowest BCUT2D eigenvalue weighted by molar-refractivity contribution is -0.284. The Balaban J connectivity index is 1.99. The maximum absolute atomic E-state index is 12.6. The number of amides is 3. The number of benzene rings is 1. The minimum Gasteiger partial charge on any atom is -0.388 e. The SMILES string of the molecule is Cc1cc2c(cc1C)N(C[C@H](O)[C@H](O)[C@H](O)COP(=O)(O)O)C1=NC(=O)NC(=O)[C@]1(OO)N2. The van der Waals surface area contributed by atoms with Crippen molar-refractivity contribution in [3.8, 4) is 0 Å². The van der Waals surface area contributed by atoms with E-state index in [1.165, 1.54) is 0 Å². The number of aliphatic imine (C=N–C) groups is 1. The molecule has 0 spiro atoms. The van der Waals surface area contributed by atoms with Crippen molar-refractivity contribution in [2.75, 3.05) is 23.4 Å². The molecule has 33 heavy (non-hydrogen) atoms. The number of fused-ring (bicyclic) bond motifs is 2. The highest BCUT2D eigenvalue weighted by atomic mass is 31.2. The number of carbonyl (C=O) groups excluding carboxylic acids is 2. The van der Waals surface area contributed by atoms with E-state index < -0.39 is 62.8 Å². The molecule has 4 atom stereocenters. The number of aliphatic hydroxyl groups is 3. The maximum atomic E-state index is 12.6. The molecule has 1 aromatic carbocycles. The van der Waals surface area contributed by atoms with E-state index in [4.69, 9.17) is 9.79 Å². The molecule has 8 N–H and O–H groups in total. The van der Waals surface area contributed by atoms with Crippen molar-refractivity contribution >= 4 is 37.0 Å². The molecule has 0 fully saturated rings. The molecule has 1 aromatic rings. The van der Waals surface area contributed by atoms with Crippen LogP contribution in [0, 0.1) is 13.8 Å². The van der Waals surface area contributed by atoms with Crippen LogP contribution in [-0.2, 0) is 18.8 Å². The summed E-state index contributed by atoms with van der Waals surface area (Å²) in [4.78, 5) is 51.2. The lowest BCUT2D eigenvalue weighted by Crippen LogP contribution is -2.70. The second-order valence-corrected chi connectivity index (χ2v) is 8.81. The molecule has 3 amide bonds. The molecule has 2 aliphatic rings. The molecule has 0 saturated carbocycles. The van der Waals surface area contributed by atoms with E-state index in [-0.39, 0.29) is 5.69 Å². The van der Waals surface area contributed by atoms with Crippen LogP contribution in [0.3, 0.4) is 0 Å². The normalized spacial score (nSPS) is 23.0. The number of hydrogen-bond acceptors (Lipinski definition) is 11. The van der Waals surface area contributed by atoms with E-state index in [1.54, 1.807) is 26.0 Å². The number of amidine groups is 1. The number of imide groups is 1. The first-order chi connectivity index (χ1) is 15.3. The van der Waals surface area contributed by atoms with Gasteiger partial charge in [-0.25, -0.2) is 14.6 Å². The van der Waals surface area contributed by atoms with Crippen molar-refractivity contribution in [3.05, 3.63) is 23.3 Å². The molecule has 0 aromatic heterocycles. The van der Waals surface area contributed by atoms with E-state index in [0.29, 0.717) is 5.69 Å². The van der Waals surface area contributed by atoms with Gasteiger partial charge in [0.05, 0.1) is 24.5 Å². The standard InChI is InChI=1S/C17H23N4O11P/c1-7-3-9-10(4-8(7)2)21(5-11(22)13(24)12(23)6-31-33(28,29)30)14-17(20-9,32-27)15(25)19-16(26)18-14/h3-4,11-13,20,22-24,27H,5-6H2,1-2H3,(H,19,25,26)(H2,28,29,30)/t11-,12+,13-,17-/m0/s1. The number of aliphatic hydroxyl groups excluding tert-OH is 3. The quantitative estimate of drug-likeness (QED) is 0.119. The van der Waals surface area contributed by atoms with Crippen molar-refractivity contribution in [1.29, 1.82) is 0 Å². The smallest absolute Gasteiger partial charge is 0.388 e. The maximum Gasteiger partial charge on any atom is 0.469 e. The van der Waals surface area contributed by atoms with Crippen LogP contribution in [0.15, 0.2) is 17.1 Å². The third-order valence-corrected chi connectivity index (χ3v) is 5.73. The van der Waals surface area contributed by atoms with Crippen LogP contribution in [0.4, 0.5) is 16.2 Å². The van der Waals surface area contributed by atoms with Gasteiger partial charge in [0.25, 0.3) is 5.91 Å². The average molecular weight is 490 g/mol. The van der Waals surface area contributed by atoms with Gasteiger partial charge in [-0.2, -0.15) is 9.88 Å². The number of aryl methyl sites for hydroxylation is 2. The average Bonchev–Trinajstić information content (AvgIpc) is 2.72. The van der Waals surface area contributed by atoms with Crippen LogP contribution in [0.25, 0.3) is 0 Å². The van der Waals surface area contributed by atoms with E-state index >= 15 is 0 Å². The molecular formula is C17H23N4O11P. The number of rotatable bonds is 8. The third kappa shape index (κ3) is 4.91. The van der Waals surface area contributed by atoms with Crippen LogP contribution < -0.4 is 15.5 Å². The first kappa shape index (κ1) is 25.2.